The monoisotopic (exact) mass is 224 g/mol. The molecule has 1 unspecified atom stereocenters. The molecule has 2 nitrogen and oxygen atoms in total. The van der Waals surface area contributed by atoms with Crippen LogP contribution < -0.4 is 10.6 Å². The van der Waals surface area contributed by atoms with Gasteiger partial charge >= 0.3 is 0 Å². The minimum absolute atomic E-state index is 0.620. The molecule has 0 amide bonds. The summed E-state index contributed by atoms with van der Waals surface area (Å²) in [5.74, 6) is 0. The second-order valence-corrected chi connectivity index (χ2v) is 4.49. The maximum atomic E-state index is 5.83. The quantitative estimate of drug-likeness (QED) is 0.823. The highest BCUT2D eigenvalue weighted by atomic mass is 35.5. The zero-order valence-corrected chi connectivity index (χ0v) is 9.56. The molecule has 82 valence electrons. The lowest BCUT2D eigenvalue weighted by Crippen LogP contribution is -2.42. The number of halogens is 1. The molecule has 0 spiro atoms. The van der Waals surface area contributed by atoms with Crippen molar-refractivity contribution in [1.82, 2.24) is 10.6 Å². The van der Waals surface area contributed by atoms with Gasteiger partial charge in [0.25, 0.3) is 0 Å². The Morgan fingerprint density at radius 2 is 2.13 bits per heavy atom. The fourth-order valence-electron chi connectivity index (χ4n) is 1.89. The molecule has 1 saturated heterocycles. The first-order valence-corrected chi connectivity index (χ1v) is 5.91. The van der Waals surface area contributed by atoms with Crippen molar-refractivity contribution < 1.29 is 0 Å². The number of hydrogen-bond acceptors (Lipinski definition) is 2. The predicted molar refractivity (Wildman–Crippen MR) is 64.2 cm³/mol. The molecular weight excluding hydrogens is 208 g/mol. The molecule has 15 heavy (non-hydrogen) atoms. The van der Waals surface area contributed by atoms with Crippen molar-refractivity contribution in [3.63, 3.8) is 0 Å². The van der Waals surface area contributed by atoms with Gasteiger partial charge in [-0.3, -0.25) is 0 Å². The highest BCUT2D eigenvalue weighted by Crippen LogP contribution is 2.10. The van der Waals surface area contributed by atoms with E-state index in [0.29, 0.717) is 6.04 Å². The Balaban J connectivity index is 1.79. The van der Waals surface area contributed by atoms with Gasteiger partial charge in [0.05, 0.1) is 0 Å². The highest BCUT2D eigenvalue weighted by Gasteiger charge is 2.11. The van der Waals surface area contributed by atoms with Crippen LogP contribution in [-0.4, -0.2) is 19.1 Å². The van der Waals surface area contributed by atoms with Crippen molar-refractivity contribution in [2.45, 2.75) is 25.4 Å². The highest BCUT2D eigenvalue weighted by molar-refractivity contribution is 6.30. The predicted octanol–water partition coefficient (Wildman–Crippen LogP) is 2.18. The molecule has 1 atom stereocenters. The molecule has 2 rings (SSSR count). The number of hydrogen-bond donors (Lipinski definition) is 2. The van der Waals surface area contributed by atoms with Gasteiger partial charge in [0, 0.05) is 24.2 Å². The molecular formula is C12H17ClN2. The number of benzene rings is 1. The number of rotatable bonds is 3. The van der Waals surface area contributed by atoms with Crippen LogP contribution in [0.5, 0.6) is 0 Å². The molecule has 1 aliphatic heterocycles. The zero-order chi connectivity index (χ0) is 10.5. The van der Waals surface area contributed by atoms with E-state index in [1.165, 1.54) is 24.9 Å². The Morgan fingerprint density at radius 1 is 1.33 bits per heavy atom. The first-order valence-electron chi connectivity index (χ1n) is 5.53. The average molecular weight is 225 g/mol. The lowest BCUT2D eigenvalue weighted by Gasteiger charge is -2.23. The first kappa shape index (κ1) is 10.9. The van der Waals surface area contributed by atoms with E-state index in [-0.39, 0.29) is 0 Å². The fraction of sp³-hybridized carbons (Fsp3) is 0.500. The van der Waals surface area contributed by atoms with Crippen LogP contribution in [0.2, 0.25) is 5.02 Å². The summed E-state index contributed by atoms with van der Waals surface area (Å²) in [5.41, 5.74) is 1.30. The molecule has 1 aromatic rings. The van der Waals surface area contributed by atoms with Crippen LogP contribution >= 0.6 is 11.6 Å². The Kier molecular flexibility index (Phi) is 4.01. The van der Waals surface area contributed by atoms with Gasteiger partial charge < -0.3 is 10.6 Å². The summed E-state index contributed by atoms with van der Waals surface area (Å²) in [4.78, 5) is 0. The van der Waals surface area contributed by atoms with Crippen LogP contribution in [0.3, 0.4) is 0 Å². The molecule has 0 bridgehead atoms. The van der Waals surface area contributed by atoms with Crippen LogP contribution in [0.4, 0.5) is 0 Å². The van der Waals surface area contributed by atoms with Crippen molar-refractivity contribution in [2.75, 3.05) is 13.1 Å². The smallest absolute Gasteiger partial charge is 0.0406 e. The summed E-state index contributed by atoms with van der Waals surface area (Å²) in [7, 11) is 0. The summed E-state index contributed by atoms with van der Waals surface area (Å²) in [6.45, 7) is 3.19. The van der Waals surface area contributed by atoms with E-state index in [1.807, 2.05) is 12.1 Å². The van der Waals surface area contributed by atoms with Gasteiger partial charge in [-0.05, 0) is 37.1 Å². The van der Waals surface area contributed by atoms with Crippen molar-refractivity contribution in [3.05, 3.63) is 34.9 Å². The second-order valence-electron chi connectivity index (χ2n) is 4.05. The maximum Gasteiger partial charge on any atom is 0.0406 e. The molecule has 0 radical (unpaired) electrons. The van der Waals surface area contributed by atoms with Crippen LogP contribution in [0.25, 0.3) is 0 Å². The van der Waals surface area contributed by atoms with Crippen molar-refractivity contribution >= 4 is 11.6 Å². The summed E-state index contributed by atoms with van der Waals surface area (Å²) in [6, 6.07) is 8.65. The second kappa shape index (κ2) is 5.50. The van der Waals surface area contributed by atoms with Gasteiger partial charge in [0.1, 0.15) is 0 Å². The molecule has 1 aliphatic rings. The minimum Gasteiger partial charge on any atom is -0.315 e. The normalized spacial score (nSPS) is 21.5. The standard InChI is InChI=1S/C12H17ClN2/c13-11-5-3-10(4-6-11)8-15-12-2-1-7-14-9-12/h3-6,12,14-15H,1-2,7-9H2. The topological polar surface area (TPSA) is 24.1 Å². The molecule has 1 fully saturated rings. The van der Waals surface area contributed by atoms with E-state index in [0.717, 1.165) is 18.1 Å². The van der Waals surface area contributed by atoms with Gasteiger partial charge in [-0.25, -0.2) is 0 Å². The molecule has 0 aromatic heterocycles. The third kappa shape index (κ3) is 3.49. The van der Waals surface area contributed by atoms with Crippen molar-refractivity contribution in [1.29, 1.82) is 0 Å². The Morgan fingerprint density at radius 3 is 2.80 bits per heavy atom. The Labute approximate surface area is 96.0 Å². The van der Waals surface area contributed by atoms with Gasteiger partial charge in [-0.15, -0.1) is 0 Å². The molecule has 0 saturated carbocycles. The van der Waals surface area contributed by atoms with Gasteiger partial charge in [-0.2, -0.15) is 0 Å². The number of nitrogens with one attached hydrogen (secondary N) is 2. The average Bonchev–Trinajstić information content (AvgIpc) is 2.30. The molecule has 1 heterocycles. The number of piperidine rings is 1. The summed E-state index contributed by atoms with van der Waals surface area (Å²) in [6.07, 6.45) is 2.55. The van der Waals surface area contributed by atoms with E-state index in [9.17, 15) is 0 Å². The largest absolute Gasteiger partial charge is 0.315 e. The van der Waals surface area contributed by atoms with Crippen LogP contribution in [0.1, 0.15) is 18.4 Å². The summed E-state index contributed by atoms with van der Waals surface area (Å²) in [5, 5.41) is 7.75. The SMILES string of the molecule is Clc1ccc(CNC2CCCNC2)cc1. The van der Waals surface area contributed by atoms with E-state index in [4.69, 9.17) is 11.6 Å². The van der Waals surface area contributed by atoms with Crippen LogP contribution in [0, 0.1) is 0 Å². The summed E-state index contributed by atoms with van der Waals surface area (Å²) >= 11 is 5.83. The van der Waals surface area contributed by atoms with Crippen molar-refractivity contribution in [3.8, 4) is 0 Å². The maximum absolute atomic E-state index is 5.83. The first-order chi connectivity index (χ1) is 7.34. The van der Waals surface area contributed by atoms with E-state index >= 15 is 0 Å². The van der Waals surface area contributed by atoms with Gasteiger partial charge in [0.2, 0.25) is 0 Å². The van der Waals surface area contributed by atoms with Gasteiger partial charge in [0.15, 0.2) is 0 Å². The Bertz CT molecular complexity index is 291. The lowest BCUT2D eigenvalue weighted by molar-refractivity contribution is 0.389. The third-order valence-corrected chi connectivity index (χ3v) is 3.06. The molecule has 2 N–H and O–H groups in total. The Hall–Kier alpha value is -0.570. The van der Waals surface area contributed by atoms with E-state index in [1.54, 1.807) is 0 Å². The zero-order valence-electron chi connectivity index (χ0n) is 8.80. The third-order valence-electron chi connectivity index (χ3n) is 2.80. The van der Waals surface area contributed by atoms with Crippen LogP contribution in [0.15, 0.2) is 24.3 Å². The van der Waals surface area contributed by atoms with Crippen LogP contribution in [-0.2, 0) is 6.54 Å². The van der Waals surface area contributed by atoms with Gasteiger partial charge in [-0.1, -0.05) is 23.7 Å². The van der Waals surface area contributed by atoms with Crippen molar-refractivity contribution in [2.24, 2.45) is 0 Å². The van der Waals surface area contributed by atoms with E-state index in [2.05, 4.69) is 22.8 Å². The van der Waals surface area contributed by atoms with E-state index < -0.39 is 0 Å². The minimum atomic E-state index is 0.620. The lowest BCUT2D eigenvalue weighted by atomic mass is 10.1. The molecule has 3 heteroatoms. The summed E-state index contributed by atoms with van der Waals surface area (Å²) < 4.78 is 0. The molecule has 0 aliphatic carbocycles. The molecule has 1 aromatic carbocycles. The fourth-order valence-corrected chi connectivity index (χ4v) is 2.02.